The Kier molecular flexibility index (Phi) is 10.1. The molecule has 4 fully saturated rings. The molecule has 2 unspecified atom stereocenters. The molecule has 0 saturated carbocycles. The maximum absolute atomic E-state index is 4.14. The fraction of sp³-hybridized carbons (Fsp3) is 1.00. The van der Waals surface area contributed by atoms with E-state index in [-0.39, 0.29) is 60.6 Å². The van der Waals surface area contributed by atoms with Gasteiger partial charge in [0.15, 0.2) is 0 Å². The number of hydrogen-bond acceptors (Lipinski definition) is 4. The smallest absolute Gasteiger partial charge is 0.0132 e. The Morgan fingerprint density at radius 2 is 0.583 bits per heavy atom. The lowest BCUT2D eigenvalue weighted by Crippen LogP contribution is -2.72. The summed E-state index contributed by atoms with van der Waals surface area (Å²) in [5, 5.41) is 16.5. The van der Waals surface area contributed by atoms with Crippen LogP contribution in [0.1, 0.15) is 196 Å². The second-order valence-corrected chi connectivity index (χ2v) is 24.2. The zero-order valence-electron chi connectivity index (χ0n) is 36.2. The molecule has 0 aromatic carbocycles. The molecule has 4 heteroatoms. The third-order valence-electron chi connectivity index (χ3n) is 15.2. The monoisotopic (exact) mass is 671 g/mol. The van der Waals surface area contributed by atoms with Crippen LogP contribution in [-0.4, -0.2) is 44.3 Å². The Morgan fingerprint density at radius 3 is 0.812 bits per heavy atom. The number of rotatable bonds is 7. The maximum Gasteiger partial charge on any atom is 0.0132 e. The summed E-state index contributed by atoms with van der Waals surface area (Å²) in [6.45, 7) is 51.2. The first-order chi connectivity index (χ1) is 21.1. The van der Waals surface area contributed by atoms with Gasteiger partial charge in [-0.1, -0.05) is 27.7 Å². The quantitative estimate of drug-likeness (QED) is 0.218. The highest BCUT2D eigenvalue weighted by Crippen LogP contribution is 2.73. The Balaban J connectivity index is 2.11. The van der Waals surface area contributed by atoms with E-state index in [2.05, 4.69) is 160 Å². The third-order valence-corrected chi connectivity index (χ3v) is 15.2. The number of piperidine rings is 4. The first kappa shape index (κ1) is 40.6. The van der Waals surface area contributed by atoms with Gasteiger partial charge in [-0.15, -0.1) is 0 Å². The van der Waals surface area contributed by atoms with Gasteiger partial charge in [-0.2, -0.15) is 0 Å². The second-order valence-electron chi connectivity index (χ2n) is 24.2. The first-order valence-corrected chi connectivity index (χ1v) is 20.3. The average molecular weight is 671 g/mol. The van der Waals surface area contributed by atoms with E-state index >= 15 is 0 Å². The predicted molar refractivity (Wildman–Crippen MR) is 211 cm³/mol. The van der Waals surface area contributed by atoms with Gasteiger partial charge in [0.05, 0.1) is 0 Å². The third kappa shape index (κ3) is 7.78. The lowest BCUT2D eigenvalue weighted by Gasteiger charge is -2.72. The van der Waals surface area contributed by atoms with Crippen molar-refractivity contribution in [1.82, 2.24) is 21.3 Å². The first-order valence-electron chi connectivity index (χ1n) is 20.3. The molecule has 4 nitrogen and oxygen atoms in total. The molecular formula is C44H86N4. The van der Waals surface area contributed by atoms with Crippen LogP contribution in [0.15, 0.2) is 0 Å². The van der Waals surface area contributed by atoms with Gasteiger partial charge in [0.1, 0.15) is 0 Å². The molecule has 0 aliphatic carbocycles. The van der Waals surface area contributed by atoms with Crippen LogP contribution < -0.4 is 21.3 Å². The summed E-state index contributed by atoms with van der Waals surface area (Å²) >= 11 is 0. The molecule has 4 aliphatic heterocycles. The van der Waals surface area contributed by atoms with Crippen molar-refractivity contribution < 1.29 is 0 Å². The Labute approximate surface area is 301 Å². The SMILES string of the molecule is CCC(C)(C1CC(C)(C)NC(C)(C)C1)C(C)(C1CC(C)(C)NC(C)(C)C1)C(C)(C1CC(C)(C)NC(C)(C)C1)C1CC(C)(C)NC(C)(C)C1. The van der Waals surface area contributed by atoms with E-state index in [1.54, 1.807) is 0 Å². The summed E-state index contributed by atoms with van der Waals surface area (Å²) in [7, 11) is 0. The molecule has 0 bridgehead atoms. The molecule has 4 heterocycles. The van der Waals surface area contributed by atoms with Gasteiger partial charge in [0.2, 0.25) is 0 Å². The highest BCUT2D eigenvalue weighted by atomic mass is 15.1. The summed E-state index contributed by atoms with van der Waals surface area (Å²) in [4.78, 5) is 0. The second kappa shape index (κ2) is 11.9. The standard InChI is InChI=1S/C44H86N4/c1-21-42(18,30-22-34(2,3)45-35(4,5)23-30)44(20,33-28-40(14,15)48-41(16,17)29-33)43(19,31-24-36(6,7)46-37(8,9)25-31)32-26-38(10,11)47-39(12,13)27-32/h30-33,45-48H,21-29H2,1-20H3. The molecule has 2 atom stereocenters. The lowest BCUT2D eigenvalue weighted by molar-refractivity contribution is -0.227. The van der Waals surface area contributed by atoms with Crippen molar-refractivity contribution in [2.45, 2.75) is 241 Å². The van der Waals surface area contributed by atoms with Crippen LogP contribution in [-0.2, 0) is 0 Å². The lowest BCUT2D eigenvalue weighted by atomic mass is 9.34. The van der Waals surface area contributed by atoms with Gasteiger partial charge < -0.3 is 21.3 Å². The number of nitrogens with one attached hydrogen (secondary N) is 4. The fourth-order valence-corrected chi connectivity index (χ4v) is 14.8. The van der Waals surface area contributed by atoms with E-state index in [9.17, 15) is 0 Å². The molecule has 0 aromatic rings. The van der Waals surface area contributed by atoms with Gasteiger partial charge in [-0.25, -0.2) is 0 Å². The molecular weight excluding hydrogens is 585 g/mol. The number of hydrogen-bond donors (Lipinski definition) is 4. The molecule has 4 saturated heterocycles. The van der Waals surface area contributed by atoms with Crippen molar-refractivity contribution in [3.05, 3.63) is 0 Å². The van der Waals surface area contributed by atoms with Crippen LogP contribution in [0.4, 0.5) is 0 Å². The minimum atomic E-state index is 0.0925. The largest absolute Gasteiger partial charge is 0.307 e. The summed E-state index contributed by atoms with van der Waals surface area (Å²) in [5.74, 6) is 2.50. The van der Waals surface area contributed by atoms with Crippen molar-refractivity contribution in [2.75, 3.05) is 0 Å². The molecule has 0 spiro atoms. The minimum Gasteiger partial charge on any atom is -0.307 e. The van der Waals surface area contributed by atoms with Crippen molar-refractivity contribution in [3.8, 4) is 0 Å². The van der Waals surface area contributed by atoms with Crippen LogP contribution in [0, 0.1) is 39.9 Å². The molecule has 0 amide bonds. The average Bonchev–Trinajstić information content (AvgIpc) is 2.79. The zero-order chi connectivity index (χ0) is 37.0. The van der Waals surface area contributed by atoms with Crippen LogP contribution in [0.2, 0.25) is 0 Å². The van der Waals surface area contributed by atoms with E-state index in [1.165, 1.54) is 57.8 Å². The van der Waals surface area contributed by atoms with Gasteiger partial charge in [-0.05, 0) is 208 Å². The van der Waals surface area contributed by atoms with E-state index in [1.807, 2.05) is 0 Å². The van der Waals surface area contributed by atoms with Gasteiger partial charge >= 0.3 is 0 Å². The summed E-state index contributed by atoms with van der Waals surface area (Å²) in [6.07, 6.45) is 11.2. The molecule has 4 aliphatic rings. The minimum absolute atomic E-state index is 0.0925. The Morgan fingerprint density at radius 1 is 0.375 bits per heavy atom. The molecule has 4 rings (SSSR count). The predicted octanol–water partition coefficient (Wildman–Crippen LogP) is 10.6. The molecule has 48 heavy (non-hydrogen) atoms. The molecule has 0 radical (unpaired) electrons. The summed E-state index contributed by atoms with van der Waals surface area (Å²) < 4.78 is 0. The molecule has 0 aromatic heterocycles. The van der Waals surface area contributed by atoms with Crippen LogP contribution in [0.25, 0.3) is 0 Å². The summed E-state index contributed by atoms with van der Waals surface area (Å²) in [5.41, 5.74) is 1.19. The highest BCUT2D eigenvalue weighted by Gasteiger charge is 2.69. The van der Waals surface area contributed by atoms with E-state index < -0.39 is 0 Å². The van der Waals surface area contributed by atoms with Crippen LogP contribution >= 0.6 is 0 Å². The maximum atomic E-state index is 4.14. The van der Waals surface area contributed by atoms with Crippen LogP contribution in [0.5, 0.6) is 0 Å². The summed E-state index contributed by atoms with van der Waals surface area (Å²) in [6, 6.07) is 0. The fourth-order valence-electron chi connectivity index (χ4n) is 14.8. The van der Waals surface area contributed by atoms with Gasteiger partial charge in [0.25, 0.3) is 0 Å². The normalized spacial score (nSPS) is 33.0. The Bertz CT molecular complexity index is 1070. The van der Waals surface area contributed by atoms with Crippen LogP contribution in [0.3, 0.4) is 0 Å². The zero-order valence-corrected chi connectivity index (χ0v) is 36.2. The van der Waals surface area contributed by atoms with Crippen molar-refractivity contribution in [3.63, 3.8) is 0 Å². The van der Waals surface area contributed by atoms with Crippen molar-refractivity contribution in [2.24, 2.45) is 39.9 Å². The van der Waals surface area contributed by atoms with E-state index in [4.69, 9.17) is 0 Å². The van der Waals surface area contributed by atoms with Gasteiger partial charge in [0, 0.05) is 44.3 Å². The molecule has 4 N–H and O–H groups in total. The Hall–Kier alpha value is -0.160. The van der Waals surface area contributed by atoms with E-state index in [0.717, 1.165) is 0 Å². The van der Waals surface area contributed by atoms with E-state index in [0.29, 0.717) is 23.7 Å². The van der Waals surface area contributed by atoms with Gasteiger partial charge in [-0.3, -0.25) is 0 Å². The van der Waals surface area contributed by atoms with Crippen molar-refractivity contribution >= 4 is 0 Å². The van der Waals surface area contributed by atoms with Crippen molar-refractivity contribution in [1.29, 1.82) is 0 Å². The highest BCUT2D eigenvalue weighted by molar-refractivity contribution is 5.20. The topological polar surface area (TPSA) is 48.1 Å². The molecule has 282 valence electrons.